The van der Waals surface area contributed by atoms with Gasteiger partial charge in [0.15, 0.2) is 0 Å². The fourth-order valence-electron chi connectivity index (χ4n) is 3.27. The number of nitrogens with one attached hydrogen (secondary N) is 1. The van der Waals surface area contributed by atoms with Crippen LogP contribution in [0.2, 0.25) is 5.02 Å². The Balaban J connectivity index is 1.76. The normalized spacial score (nSPS) is 15.0. The fraction of sp³-hybridized carbons (Fsp3) is 0.350. The van der Waals surface area contributed by atoms with Crippen LogP contribution in [0.4, 0.5) is 5.69 Å². The summed E-state index contributed by atoms with van der Waals surface area (Å²) < 4.78 is 27.4. The number of aromatic hydroxyl groups is 1. The van der Waals surface area contributed by atoms with Crippen molar-refractivity contribution >= 4 is 33.2 Å². The van der Waals surface area contributed by atoms with Crippen molar-refractivity contribution in [3.05, 3.63) is 53.1 Å². The van der Waals surface area contributed by atoms with Crippen molar-refractivity contribution in [1.82, 2.24) is 9.62 Å². The zero-order chi connectivity index (χ0) is 21.2. The highest BCUT2D eigenvalue weighted by Gasteiger charge is 2.26. The maximum absolute atomic E-state index is 13.0. The molecule has 3 rings (SSSR count). The van der Waals surface area contributed by atoms with E-state index >= 15 is 0 Å². The van der Waals surface area contributed by atoms with Crippen molar-refractivity contribution in [3.8, 4) is 5.75 Å². The van der Waals surface area contributed by atoms with Crippen LogP contribution in [0.25, 0.3) is 0 Å². The molecule has 1 aliphatic rings. The molecule has 29 heavy (non-hydrogen) atoms. The Bertz CT molecular complexity index is 1000. The van der Waals surface area contributed by atoms with E-state index in [4.69, 9.17) is 11.6 Å². The lowest BCUT2D eigenvalue weighted by atomic mass is 10.1. The molecule has 1 saturated heterocycles. The second-order valence-electron chi connectivity index (χ2n) is 7.19. The van der Waals surface area contributed by atoms with Gasteiger partial charge in [0.1, 0.15) is 5.75 Å². The predicted molar refractivity (Wildman–Crippen MR) is 113 cm³/mol. The molecular formula is C20H24ClN3O4S. The Morgan fingerprint density at radius 3 is 2.38 bits per heavy atom. The maximum atomic E-state index is 13.0. The number of carbonyl (C=O) groups is 1. The third-order valence-corrected chi connectivity index (χ3v) is 6.64. The Kier molecular flexibility index (Phi) is 6.36. The Labute approximate surface area is 175 Å². The summed E-state index contributed by atoms with van der Waals surface area (Å²) in [6.45, 7) is 5.42. The average molecular weight is 438 g/mol. The number of anilines is 1. The number of benzene rings is 2. The Morgan fingerprint density at radius 2 is 1.76 bits per heavy atom. The van der Waals surface area contributed by atoms with E-state index in [0.29, 0.717) is 26.2 Å². The number of piperazine rings is 1. The van der Waals surface area contributed by atoms with Gasteiger partial charge in [-0.1, -0.05) is 23.7 Å². The van der Waals surface area contributed by atoms with Crippen LogP contribution in [-0.4, -0.2) is 56.6 Å². The smallest absolute Gasteiger partial charge is 0.255 e. The monoisotopic (exact) mass is 437 g/mol. The zero-order valence-electron chi connectivity index (χ0n) is 16.3. The van der Waals surface area contributed by atoms with Gasteiger partial charge in [-0.3, -0.25) is 4.79 Å². The van der Waals surface area contributed by atoms with Crippen LogP contribution in [0.3, 0.4) is 0 Å². The molecule has 0 spiro atoms. The zero-order valence-corrected chi connectivity index (χ0v) is 17.9. The van der Waals surface area contributed by atoms with E-state index in [1.54, 1.807) is 30.9 Å². The average Bonchev–Trinajstić information content (AvgIpc) is 2.67. The standard InChI is InChI=1S/C20H24ClN3O4S/c1-14(2)22-29(27,28)15-7-8-17(21)16(13-15)20(26)24-11-9-23(10-12-24)18-5-3-4-6-19(18)25/h3-8,13-14,22,25H,9-12H2,1-2H3. The predicted octanol–water partition coefficient (Wildman–Crippen LogP) is 2.69. The van der Waals surface area contributed by atoms with Gasteiger partial charge in [-0.2, -0.15) is 0 Å². The number of sulfonamides is 1. The Hall–Kier alpha value is -2.29. The van der Waals surface area contributed by atoms with E-state index in [9.17, 15) is 18.3 Å². The molecule has 0 bridgehead atoms. The molecule has 0 saturated carbocycles. The molecule has 1 fully saturated rings. The summed E-state index contributed by atoms with van der Waals surface area (Å²) in [5.41, 5.74) is 0.889. The number of phenols is 1. The highest BCUT2D eigenvalue weighted by Crippen LogP contribution is 2.28. The largest absolute Gasteiger partial charge is 0.506 e. The van der Waals surface area contributed by atoms with Gasteiger partial charge in [0.25, 0.3) is 5.91 Å². The summed E-state index contributed by atoms with van der Waals surface area (Å²) in [4.78, 5) is 16.6. The number of rotatable bonds is 5. The third kappa shape index (κ3) is 4.83. The minimum absolute atomic E-state index is 0.00629. The number of halogens is 1. The molecule has 0 aromatic heterocycles. The molecule has 0 aliphatic carbocycles. The number of amides is 1. The molecule has 0 unspecified atom stereocenters. The number of hydrogen-bond donors (Lipinski definition) is 2. The van der Waals surface area contributed by atoms with Gasteiger partial charge in [0.2, 0.25) is 10.0 Å². The topological polar surface area (TPSA) is 90.0 Å². The summed E-state index contributed by atoms with van der Waals surface area (Å²) in [6.07, 6.45) is 0. The van der Waals surface area contributed by atoms with Crippen LogP contribution >= 0.6 is 11.6 Å². The first kappa shape index (κ1) is 21.4. The van der Waals surface area contributed by atoms with Gasteiger partial charge in [-0.25, -0.2) is 13.1 Å². The second kappa shape index (κ2) is 8.61. The van der Waals surface area contributed by atoms with Gasteiger partial charge >= 0.3 is 0 Å². The molecule has 156 valence electrons. The minimum atomic E-state index is -3.73. The van der Waals surface area contributed by atoms with Crippen molar-refractivity contribution in [3.63, 3.8) is 0 Å². The molecule has 7 nitrogen and oxygen atoms in total. The fourth-order valence-corrected chi connectivity index (χ4v) is 4.74. The van der Waals surface area contributed by atoms with Crippen LogP contribution in [0.15, 0.2) is 47.4 Å². The van der Waals surface area contributed by atoms with Crippen LogP contribution in [0, 0.1) is 0 Å². The van der Waals surface area contributed by atoms with Crippen molar-refractivity contribution in [2.45, 2.75) is 24.8 Å². The van der Waals surface area contributed by atoms with Crippen molar-refractivity contribution < 1.29 is 18.3 Å². The highest BCUT2D eigenvalue weighted by atomic mass is 35.5. The highest BCUT2D eigenvalue weighted by molar-refractivity contribution is 7.89. The summed E-state index contributed by atoms with van der Waals surface area (Å²) in [5.74, 6) is -0.112. The molecule has 1 amide bonds. The van der Waals surface area contributed by atoms with Crippen molar-refractivity contribution in [1.29, 1.82) is 0 Å². The molecular weight excluding hydrogens is 414 g/mol. The van der Waals surface area contributed by atoms with Crippen LogP contribution in [0.1, 0.15) is 24.2 Å². The molecule has 9 heteroatoms. The van der Waals surface area contributed by atoms with Crippen LogP contribution < -0.4 is 9.62 Å². The van der Waals surface area contributed by atoms with Gasteiger partial charge < -0.3 is 14.9 Å². The number of nitrogens with zero attached hydrogens (tertiary/aromatic N) is 2. The second-order valence-corrected chi connectivity index (χ2v) is 9.31. The van der Waals surface area contributed by atoms with Gasteiger partial charge in [-0.15, -0.1) is 0 Å². The first-order valence-electron chi connectivity index (χ1n) is 9.33. The number of hydrogen-bond acceptors (Lipinski definition) is 5. The van der Waals surface area contributed by atoms with Crippen molar-refractivity contribution in [2.24, 2.45) is 0 Å². The van der Waals surface area contributed by atoms with E-state index in [0.717, 1.165) is 5.69 Å². The Morgan fingerprint density at radius 1 is 1.10 bits per heavy atom. The first-order valence-corrected chi connectivity index (χ1v) is 11.2. The number of phenolic OH excluding ortho intramolecular Hbond substituents is 1. The lowest BCUT2D eigenvalue weighted by Crippen LogP contribution is -2.48. The first-order chi connectivity index (χ1) is 13.7. The molecule has 2 N–H and O–H groups in total. The third-order valence-electron chi connectivity index (χ3n) is 4.66. The van der Waals surface area contributed by atoms with E-state index in [2.05, 4.69) is 4.72 Å². The van der Waals surface area contributed by atoms with Gasteiger partial charge in [0, 0.05) is 32.2 Å². The molecule has 1 heterocycles. The molecule has 2 aromatic carbocycles. The quantitative estimate of drug-likeness (QED) is 0.750. The van der Waals surface area contributed by atoms with E-state index < -0.39 is 10.0 Å². The van der Waals surface area contributed by atoms with Crippen LogP contribution in [0.5, 0.6) is 5.75 Å². The molecule has 1 aliphatic heterocycles. The lowest BCUT2D eigenvalue weighted by Gasteiger charge is -2.36. The number of para-hydroxylation sites is 2. The summed E-state index contributed by atoms with van der Waals surface area (Å²) in [6, 6.07) is 11.0. The van der Waals surface area contributed by atoms with Crippen LogP contribution in [-0.2, 0) is 10.0 Å². The maximum Gasteiger partial charge on any atom is 0.255 e. The number of carbonyl (C=O) groups excluding carboxylic acids is 1. The molecule has 2 aromatic rings. The molecule has 0 radical (unpaired) electrons. The SMILES string of the molecule is CC(C)NS(=O)(=O)c1ccc(Cl)c(C(=O)N2CCN(c3ccccc3O)CC2)c1. The lowest BCUT2D eigenvalue weighted by molar-refractivity contribution is 0.0746. The van der Waals surface area contributed by atoms with Gasteiger partial charge in [0.05, 0.1) is 21.2 Å². The van der Waals surface area contributed by atoms with E-state index in [1.165, 1.54) is 18.2 Å². The van der Waals surface area contributed by atoms with Crippen molar-refractivity contribution in [2.75, 3.05) is 31.1 Å². The summed E-state index contributed by atoms with van der Waals surface area (Å²) >= 11 is 6.21. The van der Waals surface area contributed by atoms with E-state index in [1.807, 2.05) is 17.0 Å². The van der Waals surface area contributed by atoms with E-state index in [-0.39, 0.29) is 33.2 Å². The minimum Gasteiger partial charge on any atom is -0.506 e. The molecule has 0 atom stereocenters. The summed E-state index contributed by atoms with van der Waals surface area (Å²) in [5, 5.41) is 10.2. The summed E-state index contributed by atoms with van der Waals surface area (Å²) in [7, 11) is -3.73. The van der Waals surface area contributed by atoms with Gasteiger partial charge in [-0.05, 0) is 44.2 Å².